The second-order valence-electron chi connectivity index (χ2n) is 6.52. The highest BCUT2D eigenvalue weighted by Crippen LogP contribution is 2.30. The summed E-state index contributed by atoms with van der Waals surface area (Å²) in [6.07, 6.45) is 0.853. The summed E-state index contributed by atoms with van der Waals surface area (Å²) < 4.78 is 0. The molecule has 0 bridgehead atoms. The lowest BCUT2D eigenvalue weighted by Gasteiger charge is -2.18. The Morgan fingerprint density at radius 1 is 1.26 bits per heavy atom. The molecule has 1 aliphatic heterocycles. The van der Waals surface area contributed by atoms with Crippen molar-refractivity contribution in [1.29, 1.82) is 0 Å². The van der Waals surface area contributed by atoms with Crippen LogP contribution < -0.4 is 10.2 Å². The van der Waals surface area contributed by atoms with E-state index in [1.54, 1.807) is 30.0 Å². The van der Waals surface area contributed by atoms with Gasteiger partial charge in [0.25, 0.3) is 5.69 Å². The summed E-state index contributed by atoms with van der Waals surface area (Å²) in [5.41, 5.74) is 3.73. The molecule has 7 heteroatoms. The van der Waals surface area contributed by atoms with E-state index in [-0.39, 0.29) is 18.1 Å². The minimum absolute atomic E-state index is 0.0343. The highest BCUT2D eigenvalue weighted by Gasteiger charge is 2.24. The van der Waals surface area contributed by atoms with E-state index in [0.29, 0.717) is 28.8 Å². The summed E-state index contributed by atoms with van der Waals surface area (Å²) in [5, 5.41) is 15.1. The Kier molecular flexibility index (Phi) is 4.19. The smallest absolute Gasteiger partial charge is 0.295 e. The van der Waals surface area contributed by atoms with Gasteiger partial charge in [0.1, 0.15) is 0 Å². The topological polar surface area (TPSA) is 88.4 Å². The number of nitro groups is 1. The average molecular weight is 362 g/mol. The molecule has 7 nitrogen and oxygen atoms in total. The van der Waals surface area contributed by atoms with Crippen LogP contribution >= 0.6 is 0 Å². The Morgan fingerprint density at radius 3 is 2.89 bits per heavy atom. The van der Waals surface area contributed by atoms with Gasteiger partial charge in [0.05, 0.1) is 11.5 Å². The Balaban J connectivity index is 1.60. The van der Waals surface area contributed by atoms with E-state index in [1.807, 2.05) is 24.3 Å². The average Bonchev–Trinajstić information content (AvgIpc) is 3.09. The summed E-state index contributed by atoms with van der Waals surface area (Å²) in [6, 6.07) is 14.5. The van der Waals surface area contributed by atoms with Crippen LogP contribution in [0.5, 0.6) is 0 Å². The molecular formula is C20H18N4O3. The van der Waals surface area contributed by atoms with E-state index in [1.165, 1.54) is 11.6 Å². The van der Waals surface area contributed by atoms with E-state index >= 15 is 0 Å². The molecule has 2 heterocycles. The summed E-state index contributed by atoms with van der Waals surface area (Å²) in [6.45, 7) is 2.55. The van der Waals surface area contributed by atoms with Gasteiger partial charge in [-0.05, 0) is 31.0 Å². The maximum Gasteiger partial charge on any atom is 0.295 e. The molecule has 4 rings (SSSR count). The lowest BCUT2D eigenvalue weighted by atomic mass is 10.1. The van der Waals surface area contributed by atoms with Crippen LogP contribution in [0.3, 0.4) is 0 Å². The summed E-state index contributed by atoms with van der Waals surface area (Å²) in [4.78, 5) is 29.6. The number of carbonyl (C=O) groups is 1. The highest BCUT2D eigenvalue weighted by molar-refractivity contribution is 6.01. The van der Waals surface area contributed by atoms with Gasteiger partial charge in [-0.15, -0.1) is 0 Å². The fraction of sp³-hybridized carbons (Fsp3) is 0.200. The molecule has 3 aromatic rings. The number of hydrogen-bond donors (Lipinski definition) is 1. The van der Waals surface area contributed by atoms with Crippen LogP contribution in [0.25, 0.3) is 10.9 Å². The first kappa shape index (κ1) is 17.0. The Labute approximate surface area is 155 Å². The number of aromatic nitrogens is 1. The lowest BCUT2D eigenvalue weighted by Crippen LogP contribution is -2.34. The van der Waals surface area contributed by atoms with Crippen LogP contribution in [-0.4, -0.2) is 28.9 Å². The number of para-hydroxylation sites is 2. The zero-order chi connectivity index (χ0) is 19.0. The van der Waals surface area contributed by atoms with Crippen molar-refractivity contribution in [3.05, 3.63) is 69.9 Å². The van der Waals surface area contributed by atoms with Gasteiger partial charge in [0, 0.05) is 35.1 Å². The molecule has 27 heavy (non-hydrogen) atoms. The molecule has 2 aromatic carbocycles. The van der Waals surface area contributed by atoms with Crippen molar-refractivity contribution in [2.75, 3.05) is 23.3 Å². The van der Waals surface area contributed by atoms with Crippen LogP contribution in [0.4, 0.5) is 17.1 Å². The largest absolute Gasteiger partial charge is 0.376 e. The first-order valence-corrected chi connectivity index (χ1v) is 8.71. The molecule has 1 N–H and O–H groups in total. The molecule has 0 saturated carbocycles. The zero-order valence-corrected chi connectivity index (χ0v) is 14.8. The lowest BCUT2D eigenvalue weighted by molar-refractivity contribution is -0.383. The third-order valence-electron chi connectivity index (χ3n) is 4.76. The number of non-ortho nitro benzene ring substituents is 1. The molecule has 0 atom stereocenters. The number of anilines is 2. The van der Waals surface area contributed by atoms with Gasteiger partial charge < -0.3 is 10.2 Å². The molecule has 1 aliphatic rings. The maximum atomic E-state index is 12.7. The van der Waals surface area contributed by atoms with E-state index < -0.39 is 4.92 Å². The number of amides is 1. The summed E-state index contributed by atoms with van der Waals surface area (Å²) in [7, 11) is 0. The van der Waals surface area contributed by atoms with Gasteiger partial charge in [0.15, 0.2) is 5.52 Å². The molecular weight excluding hydrogens is 344 g/mol. The Bertz CT molecular complexity index is 1060. The first-order valence-electron chi connectivity index (χ1n) is 8.71. The van der Waals surface area contributed by atoms with Crippen molar-refractivity contribution in [1.82, 2.24) is 4.98 Å². The van der Waals surface area contributed by atoms with Crippen LogP contribution in [-0.2, 0) is 11.2 Å². The quantitative estimate of drug-likeness (QED) is 0.567. The van der Waals surface area contributed by atoms with E-state index in [9.17, 15) is 14.9 Å². The molecule has 1 aromatic heterocycles. The number of aryl methyl sites for hydroxylation is 1. The molecule has 0 unspecified atom stereocenters. The van der Waals surface area contributed by atoms with Gasteiger partial charge in [0.2, 0.25) is 5.91 Å². The van der Waals surface area contributed by atoms with E-state index in [4.69, 9.17) is 0 Å². The van der Waals surface area contributed by atoms with E-state index in [0.717, 1.165) is 12.1 Å². The molecule has 0 radical (unpaired) electrons. The van der Waals surface area contributed by atoms with Crippen LogP contribution in [0.15, 0.2) is 48.5 Å². The Hall–Kier alpha value is -3.48. The number of benzene rings is 2. The zero-order valence-electron chi connectivity index (χ0n) is 14.8. The molecule has 0 aliphatic carbocycles. The van der Waals surface area contributed by atoms with Crippen molar-refractivity contribution in [2.24, 2.45) is 0 Å². The molecule has 1 amide bonds. The molecule has 136 valence electrons. The second kappa shape index (κ2) is 6.68. The predicted molar refractivity (Wildman–Crippen MR) is 104 cm³/mol. The van der Waals surface area contributed by atoms with Crippen molar-refractivity contribution in [3.8, 4) is 0 Å². The number of hydrogen-bond acceptors (Lipinski definition) is 5. The SMILES string of the molecule is Cc1cc(NCC(=O)N2CCc3ccccc32)c2cccc([N+](=O)[O-])c2n1. The fourth-order valence-corrected chi connectivity index (χ4v) is 3.52. The van der Waals surface area contributed by atoms with Crippen LogP contribution in [0.2, 0.25) is 0 Å². The van der Waals surface area contributed by atoms with Crippen molar-refractivity contribution >= 4 is 33.9 Å². The van der Waals surface area contributed by atoms with Gasteiger partial charge in [-0.3, -0.25) is 14.9 Å². The number of fused-ring (bicyclic) bond motifs is 2. The number of carbonyl (C=O) groups excluding carboxylic acids is 1. The third-order valence-corrected chi connectivity index (χ3v) is 4.76. The third kappa shape index (κ3) is 3.08. The van der Waals surface area contributed by atoms with Gasteiger partial charge in [-0.25, -0.2) is 4.98 Å². The number of nitrogens with zero attached hydrogens (tertiary/aromatic N) is 3. The van der Waals surface area contributed by atoms with Gasteiger partial charge >= 0.3 is 0 Å². The standard InChI is InChI=1S/C20H18N4O3/c1-13-11-16(15-6-4-8-18(24(26)27)20(15)22-13)21-12-19(25)23-10-9-14-5-2-3-7-17(14)23/h2-8,11H,9-10,12H2,1H3,(H,21,22). The van der Waals surface area contributed by atoms with E-state index in [2.05, 4.69) is 10.3 Å². The fourth-order valence-electron chi connectivity index (χ4n) is 3.52. The van der Waals surface area contributed by atoms with Gasteiger partial charge in [-0.1, -0.05) is 30.3 Å². The number of nitrogens with one attached hydrogen (secondary N) is 1. The van der Waals surface area contributed by atoms with Crippen LogP contribution in [0, 0.1) is 17.0 Å². The molecule has 0 saturated heterocycles. The number of rotatable bonds is 4. The van der Waals surface area contributed by atoms with Crippen LogP contribution in [0.1, 0.15) is 11.3 Å². The maximum absolute atomic E-state index is 12.7. The molecule has 0 spiro atoms. The number of pyridine rings is 1. The van der Waals surface area contributed by atoms with Gasteiger partial charge in [-0.2, -0.15) is 0 Å². The van der Waals surface area contributed by atoms with Crippen molar-refractivity contribution < 1.29 is 9.72 Å². The first-order chi connectivity index (χ1) is 13.0. The highest BCUT2D eigenvalue weighted by atomic mass is 16.6. The minimum atomic E-state index is -0.440. The normalized spacial score (nSPS) is 12.9. The van der Waals surface area contributed by atoms with Crippen molar-refractivity contribution in [3.63, 3.8) is 0 Å². The summed E-state index contributed by atoms with van der Waals surface area (Å²) >= 11 is 0. The van der Waals surface area contributed by atoms with Crippen molar-refractivity contribution in [2.45, 2.75) is 13.3 Å². The molecule has 0 fully saturated rings. The summed E-state index contributed by atoms with van der Waals surface area (Å²) in [5.74, 6) is -0.0343. The minimum Gasteiger partial charge on any atom is -0.376 e. The second-order valence-corrected chi connectivity index (χ2v) is 6.52. The number of nitro benzene ring substituents is 1. The Morgan fingerprint density at radius 2 is 2.07 bits per heavy atom. The predicted octanol–water partition coefficient (Wildman–Crippen LogP) is 3.45. The monoisotopic (exact) mass is 362 g/mol.